The summed E-state index contributed by atoms with van der Waals surface area (Å²) in [5, 5.41) is 3.72. The maximum absolute atomic E-state index is 15.1. The average molecular weight is 481 g/mol. The number of halogens is 2. The van der Waals surface area contributed by atoms with E-state index in [9.17, 15) is 4.79 Å². The van der Waals surface area contributed by atoms with E-state index in [2.05, 4.69) is 22.2 Å². The van der Waals surface area contributed by atoms with Gasteiger partial charge in [-0.25, -0.2) is 13.6 Å². The first-order valence-electron chi connectivity index (χ1n) is 11.5. The normalized spacial score (nSPS) is 18.5. The second-order valence-corrected chi connectivity index (χ2v) is 8.70. The standard InChI is InChI=1S/C26H25F2N3O4/c1-17-11-24(35-29-17)33-16-21-15-31(26(32)34-21)20-12-22(27)25(23(28)13-20)19-7-9-30(10-8-19)14-18-5-3-2-4-6-18/h2-7,11-13,21H,8-10,14-16H2,1H3. The molecular formula is C26H25F2N3O4. The number of rotatable bonds is 7. The minimum Gasteiger partial charge on any atom is -0.460 e. The molecule has 2 aliphatic rings. The van der Waals surface area contributed by atoms with Gasteiger partial charge in [0.2, 0.25) is 0 Å². The van der Waals surface area contributed by atoms with Crippen molar-refractivity contribution < 1.29 is 27.6 Å². The summed E-state index contributed by atoms with van der Waals surface area (Å²) in [5.74, 6) is -1.19. The molecule has 3 heterocycles. The molecule has 0 spiro atoms. The third-order valence-corrected chi connectivity index (χ3v) is 6.09. The van der Waals surface area contributed by atoms with Gasteiger partial charge in [0.25, 0.3) is 0 Å². The zero-order chi connectivity index (χ0) is 24.4. The van der Waals surface area contributed by atoms with Crippen molar-refractivity contribution in [1.82, 2.24) is 10.1 Å². The monoisotopic (exact) mass is 481 g/mol. The maximum Gasteiger partial charge on any atom is 0.414 e. The number of benzene rings is 2. The summed E-state index contributed by atoms with van der Waals surface area (Å²) in [4.78, 5) is 15.8. The summed E-state index contributed by atoms with van der Waals surface area (Å²) in [6.45, 7) is 3.98. The molecule has 0 N–H and O–H groups in total. The van der Waals surface area contributed by atoms with E-state index in [-0.39, 0.29) is 30.3 Å². The largest absolute Gasteiger partial charge is 0.460 e. The SMILES string of the molecule is Cc1cc(OCC2CN(c3cc(F)c(C4=CCN(Cc5ccccc5)CC4)c(F)c3)C(=O)O2)on1. The van der Waals surface area contributed by atoms with E-state index >= 15 is 8.78 Å². The van der Waals surface area contributed by atoms with Gasteiger partial charge in [0.1, 0.15) is 18.2 Å². The van der Waals surface area contributed by atoms with Gasteiger partial charge in [-0.15, -0.1) is 0 Å². The fourth-order valence-electron chi connectivity index (χ4n) is 4.35. The van der Waals surface area contributed by atoms with Crippen LogP contribution in [0.1, 0.15) is 23.2 Å². The van der Waals surface area contributed by atoms with Gasteiger partial charge in [0, 0.05) is 31.3 Å². The number of carbonyl (C=O) groups is 1. The van der Waals surface area contributed by atoms with Crippen LogP contribution in [0.15, 0.2) is 59.1 Å². The summed E-state index contributed by atoms with van der Waals surface area (Å²) in [5.41, 5.74) is 2.56. The molecule has 2 aliphatic heterocycles. The van der Waals surface area contributed by atoms with Crippen molar-refractivity contribution >= 4 is 17.4 Å². The third-order valence-electron chi connectivity index (χ3n) is 6.09. The molecule has 1 aromatic heterocycles. The fourth-order valence-corrected chi connectivity index (χ4v) is 4.35. The van der Waals surface area contributed by atoms with Gasteiger partial charge in [0.15, 0.2) is 6.10 Å². The molecule has 0 radical (unpaired) electrons. The molecule has 0 saturated carbocycles. The molecule has 1 saturated heterocycles. The summed E-state index contributed by atoms with van der Waals surface area (Å²) in [6.07, 6.45) is 1.10. The Hall–Kier alpha value is -3.72. The smallest absolute Gasteiger partial charge is 0.414 e. The van der Waals surface area contributed by atoms with Crippen molar-refractivity contribution in [3.05, 3.63) is 83.1 Å². The Balaban J connectivity index is 1.24. The molecule has 0 bridgehead atoms. The van der Waals surface area contributed by atoms with Crippen LogP contribution in [0, 0.1) is 18.6 Å². The average Bonchev–Trinajstić information content (AvgIpc) is 3.43. The Bertz CT molecular complexity index is 1220. The molecule has 1 amide bonds. The van der Waals surface area contributed by atoms with Crippen molar-refractivity contribution in [2.45, 2.75) is 26.0 Å². The maximum atomic E-state index is 15.1. The molecule has 182 valence electrons. The van der Waals surface area contributed by atoms with Crippen molar-refractivity contribution in [3.8, 4) is 5.95 Å². The topological polar surface area (TPSA) is 68.0 Å². The zero-order valence-electron chi connectivity index (χ0n) is 19.2. The lowest BCUT2D eigenvalue weighted by Gasteiger charge is -2.27. The molecule has 1 unspecified atom stereocenters. The van der Waals surface area contributed by atoms with Crippen LogP contribution >= 0.6 is 0 Å². The van der Waals surface area contributed by atoms with E-state index in [1.54, 1.807) is 13.0 Å². The number of amides is 1. The molecule has 3 aromatic rings. The highest BCUT2D eigenvalue weighted by atomic mass is 19.1. The van der Waals surface area contributed by atoms with Crippen LogP contribution in [0.3, 0.4) is 0 Å². The third kappa shape index (κ3) is 5.19. The number of carbonyl (C=O) groups excluding carboxylic acids is 1. The molecular weight excluding hydrogens is 456 g/mol. The number of hydrogen-bond acceptors (Lipinski definition) is 6. The summed E-state index contributed by atoms with van der Waals surface area (Å²) >= 11 is 0. The fraction of sp³-hybridized carbons (Fsp3) is 0.308. The Morgan fingerprint density at radius 1 is 1.14 bits per heavy atom. The summed E-state index contributed by atoms with van der Waals surface area (Å²) < 4.78 is 45.8. The van der Waals surface area contributed by atoms with E-state index in [1.165, 1.54) is 22.6 Å². The minimum atomic E-state index is -0.701. The molecule has 1 fully saturated rings. The molecule has 2 aromatic carbocycles. The summed E-state index contributed by atoms with van der Waals surface area (Å²) in [7, 11) is 0. The number of nitrogens with zero attached hydrogens (tertiary/aromatic N) is 3. The van der Waals surface area contributed by atoms with Crippen molar-refractivity contribution in [2.24, 2.45) is 0 Å². The predicted molar refractivity (Wildman–Crippen MR) is 125 cm³/mol. The van der Waals surface area contributed by atoms with Gasteiger partial charge in [-0.2, -0.15) is 0 Å². The van der Waals surface area contributed by atoms with Gasteiger partial charge in [-0.3, -0.25) is 9.80 Å². The predicted octanol–water partition coefficient (Wildman–Crippen LogP) is 4.95. The van der Waals surface area contributed by atoms with Crippen LogP contribution in [-0.2, 0) is 11.3 Å². The molecule has 7 nitrogen and oxygen atoms in total. The molecule has 1 atom stereocenters. The molecule has 0 aliphatic carbocycles. The number of anilines is 1. The first kappa shape index (κ1) is 23.0. The lowest BCUT2D eigenvalue weighted by Crippen LogP contribution is -2.28. The number of ether oxygens (including phenoxy) is 2. The number of hydrogen-bond donors (Lipinski definition) is 0. The lowest BCUT2D eigenvalue weighted by molar-refractivity contribution is 0.0904. The highest BCUT2D eigenvalue weighted by Crippen LogP contribution is 2.32. The Kier molecular flexibility index (Phi) is 6.50. The second kappa shape index (κ2) is 9.87. The molecule has 35 heavy (non-hydrogen) atoms. The van der Waals surface area contributed by atoms with Crippen LogP contribution in [-0.4, -0.2) is 48.5 Å². The first-order valence-corrected chi connectivity index (χ1v) is 11.5. The van der Waals surface area contributed by atoms with Crippen molar-refractivity contribution in [2.75, 3.05) is 31.1 Å². The Morgan fingerprint density at radius 2 is 1.91 bits per heavy atom. The van der Waals surface area contributed by atoms with E-state index in [0.717, 1.165) is 6.54 Å². The highest BCUT2D eigenvalue weighted by molar-refractivity contribution is 5.90. The molecule has 5 rings (SSSR count). The quantitative estimate of drug-likeness (QED) is 0.476. The molecule has 9 heteroatoms. The van der Waals surface area contributed by atoms with Crippen molar-refractivity contribution in [3.63, 3.8) is 0 Å². The number of aryl methyl sites for hydroxylation is 1. The summed E-state index contributed by atoms with van der Waals surface area (Å²) in [6, 6.07) is 14.1. The van der Waals surface area contributed by atoms with Gasteiger partial charge < -0.3 is 14.0 Å². The van der Waals surface area contributed by atoms with Crippen LogP contribution in [0.4, 0.5) is 19.3 Å². The second-order valence-electron chi connectivity index (χ2n) is 8.70. The van der Waals surface area contributed by atoms with Gasteiger partial charge in [0.05, 0.1) is 17.9 Å². The van der Waals surface area contributed by atoms with E-state index in [1.807, 2.05) is 24.3 Å². The van der Waals surface area contributed by atoms with E-state index in [4.69, 9.17) is 14.0 Å². The van der Waals surface area contributed by atoms with Crippen molar-refractivity contribution in [1.29, 1.82) is 0 Å². The highest BCUT2D eigenvalue weighted by Gasteiger charge is 2.34. The number of aromatic nitrogens is 1. The van der Waals surface area contributed by atoms with Crippen LogP contribution in [0.25, 0.3) is 5.57 Å². The minimum absolute atomic E-state index is 0.0340. The van der Waals surface area contributed by atoms with E-state index in [0.29, 0.717) is 30.8 Å². The van der Waals surface area contributed by atoms with Crippen LogP contribution in [0.5, 0.6) is 5.95 Å². The van der Waals surface area contributed by atoms with Crippen LogP contribution in [0.2, 0.25) is 0 Å². The van der Waals surface area contributed by atoms with Crippen LogP contribution < -0.4 is 9.64 Å². The Morgan fingerprint density at radius 3 is 2.57 bits per heavy atom. The Labute approximate surface area is 201 Å². The zero-order valence-corrected chi connectivity index (χ0v) is 19.2. The van der Waals surface area contributed by atoms with Gasteiger partial charge in [-0.05, 0) is 36.6 Å². The van der Waals surface area contributed by atoms with E-state index < -0.39 is 23.8 Å². The van der Waals surface area contributed by atoms with Gasteiger partial charge >= 0.3 is 12.0 Å². The first-order chi connectivity index (χ1) is 17.0. The number of cyclic esters (lactones) is 1. The lowest BCUT2D eigenvalue weighted by atomic mass is 9.97. The van der Waals surface area contributed by atoms with Gasteiger partial charge in [-0.1, -0.05) is 41.6 Å².